The summed E-state index contributed by atoms with van der Waals surface area (Å²) in [4.78, 5) is 26.6. The molecule has 0 saturated heterocycles. The highest BCUT2D eigenvalue weighted by Gasteiger charge is 2.01. The van der Waals surface area contributed by atoms with Crippen LogP contribution in [0.2, 0.25) is 0 Å². The lowest BCUT2D eigenvalue weighted by atomic mass is 10.1. The minimum absolute atomic E-state index is 0. The van der Waals surface area contributed by atoms with Crippen LogP contribution < -0.4 is 5.48 Å². The first-order valence-electron chi connectivity index (χ1n) is 5.68. The quantitative estimate of drug-likeness (QED) is 0.375. The molecule has 0 aliphatic carbocycles. The molecule has 0 fully saturated rings. The van der Waals surface area contributed by atoms with Gasteiger partial charge in [-0.05, 0) is 19.8 Å². The number of esters is 1. The van der Waals surface area contributed by atoms with Gasteiger partial charge in [0.25, 0.3) is 0 Å². The second-order valence-corrected chi connectivity index (χ2v) is 3.45. The number of hydroxylamine groups is 1. The second-order valence-electron chi connectivity index (χ2n) is 3.45. The highest BCUT2D eigenvalue weighted by atomic mass is 16.6. The first-order valence-corrected chi connectivity index (χ1v) is 5.68. The van der Waals surface area contributed by atoms with Crippen molar-refractivity contribution in [2.24, 2.45) is 0 Å². The maximum absolute atomic E-state index is 11.1. The third-order valence-electron chi connectivity index (χ3n) is 2.09. The van der Waals surface area contributed by atoms with Gasteiger partial charge in [-0.15, -0.1) is 0 Å². The average Bonchev–Trinajstić information content (AvgIpc) is 2.30. The van der Waals surface area contributed by atoms with Gasteiger partial charge in [-0.2, -0.15) is 0 Å². The van der Waals surface area contributed by atoms with E-state index in [1.54, 1.807) is 0 Å². The van der Waals surface area contributed by atoms with E-state index in [1.165, 1.54) is 7.11 Å². The van der Waals surface area contributed by atoms with Crippen LogP contribution in [0.25, 0.3) is 0 Å². The van der Waals surface area contributed by atoms with E-state index in [-0.39, 0.29) is 13.3 Å². The molecule has 16 heavy (non-hydrogen) atoms. The Morgan fingerprint density at radius 3 is 2.31 bits per heavy atom. The Morgan fingerprint density at radius 2 is 1.75 bits per heavy atom. The molecular formula is C11H23NO4. The number of nitrogens with one attached hydrogen (secondary N) is 1. The van der Waals surface area contributed by atoms with Crippen LogP contribution in [0.1, 0.15) is 46.9 Å². The minimum atomic E-state index is -0.172. The first kappa shape index (κ1) is 14.9. The Bertz CT molecular complexity index is 212. The molecule has 1 N–H and O–H groups in total. The number of rotatable bonds is 9. The van der Waals surface area contributed by atoms with Gasteiger partial charge in [0.2, 0.25) is 5.91 Å². The molecule has 0 aromatic carbocycles. The summed E-state index contributed by atoms with van der Waals surface area (Å²) >= 11 is 0. The number of hydrogen-bond acceptors (Lipinski definition) is 4. The molecule has 0 saturated carbocycles. The summed E-state index contributed by atoms with van der Waals surface area (Å²) in [6.45, 7) is 2.29. The number of ether oxygens (including phenoxy) is 1. The summed E-state index contributed by atoms with van der Waals surface area (Å²) in [6.07, 6.45) is 4.45. The SMILES string of the molecule is CCONC(=O)CCCCCCC(=O)OC.[HH]. The van der Waals surface area contributed by atoms with E-state index in [0.717, 1.165) is 25.7 Å². The molecule has 0 atom stereocenters. The lowest BCUT2D eigenvalue weighted by Crippen LogP contribution is -2.23. The molecule has 0 aromatic rings. The lowest BCUT2D eigenvalue weighted by molar-refractivity contribution is -0.140. The molecule has 96 valence electrons. The van der Waals surface area contributed by atoms with Gasteiger partial charge in [0, 0.05) is 14.3 Å². The van der Waals surface area contributed by atoms with Gasteiger partial charge in [0.15, 0.2) is 0 Å². The van der Waals surface area contributed by atoms with Gasteiger partial charge < -0.3 is 4.74 Å². The Balaban J connectivity index is 0. The normalized spacial score (nSPS) is 9.88. The Kier molecular flexibility index (Phi) is 9.70. The van der Waals surface area contributed by atoms with E-state index in [2.05, 4.69) is 10.2 Å². The third kappa shape index (κ3) is 9.45. The van der Waals surface area contributed by atoms with Crippen molar-refractivity contribution >= 4 is 11.9 Å². The molecule has 0 rings (SSSR count). The molecule has 5 nitrogen and oxygen atoms in total. The summed E-state index contributed by atoms with van der Waals surface area (Å²) in [6, 6.07) is 0. The summed E-state index contributed by atoms with van der Waals surface area (Å²) in [5, 5.41) is 0. The zero-order valence-electron chi connectivity index (χ0n) is 10.1. The molecule has 0 radical (unpaired) electrons. The van der Waals surface area contributed by atoms with E-state index < -0.39 is 0 Å². The summed E-state index contributed by atoms with van der Waals surface area (Å²) in [5.41, 5.74) is 2.34. The number of unbranched alkanes of at least 4 members (excludes halogenated alkanes) is 3. The summed E-state index contributed by atoms with van der Waals surface area (Å²) in [5.74, 6) is -0.260. The summed E-state index contributed by atoms with van der Waals surface area (Å²) < 4.78 is 4.52. The number of carbonyl (C=O) groups is 2. The maximum Gasteiger partial charge on any atom is 0.305 e. The van der Waals surface area contributed by atoms with E-state index in [1.807, 2.05) is 6.92 Å². The van der Waals surface area contributed by atoms with Crippen molar-refractivity contribution in [3.8, 4) is 0 Å². The topological polar surface area (TPSA) is 64.6 Å². The highest BCUT2D eigenvalue weighted by Crippen LogP contribution is 2.05. The van der Waals surface area contributed by atoms with Crippen molar-refractivity contribution in [3.63, 3.8) is 0 Å². The molecule has 0 heterocycles. The number of carbonyl (C=O) groups excluding carboxylic acids is 2. The van der Waals surface area contributed by atoms with Crippen LogP contribution in [0.15, 0.2) is 0 Å². The third-order valence-corrected chi connectivity index (χ3v) is 2.09. The van der Waals surface area contributed by atoms with Gasteiger partial charge >= 0.3 is 5.97 Å². The van der Waals surface area contributed by atoms with Crippen molar-refractivity contribution in [3.05, 3.63) is 0 Å². The fourth-order valence-electron chi connectivity index (χ4n) is 1.21. The molecule has 5 heteroatoms. The van der Waals surface area contributed by atoms with Crippen LogP contribution in [0, 0.1) is 0 Å². The van der Waals surface area contributed by atoms with Crippen molar-refractivity contribution in [1.29, 1.82) is 0 Å². The van der Waals surface area contributed by atoms with Crippen LogP contribution in [0.5, 0.6) is 0 Å². The predicted molar refractivity (Wildman–Crippen MR) is 61.6 cm³/mol. The van der Waals surface area contributed by atoms with Crippen LogP contribution >= 0.6 is 0 Å². The molecule has 0 aromatic heterocycles. The average molecular weight is 233 g/mol. The van der Waals surface area contributed by atoms with Crippen molar-refractivity contribution < 1.29 is 20.6 Å². The Labute approximate surface area is 97.9 Å². The van der Waals surface area contributed by atoms with Crippen molar-refractivity contribution in [2.75, 3.05) is 13.7 Å². The van der Waals surface area contributed by atoms with E-state index in [0.29, 0.717) is 19.4 Å². The van der Waals surface area contributed by atoms with Crippen LogP contribution in [0.4, 0.5) is 0 Å². The predicted octanol–water partition coefficient (Wildman–Crippen LogP) is 1.81. The van der Waals surface area contributed by atoms with Gasteiger partial charge in [-0.25, -0.2) is 5.48 Å². The monoisotopic (exact) mass is 233 g/mol. The second kappa shape index (κ2) is 10.4. The Hall–Kier alpha value is -1.10. The molecule has 1 amide bonds. The van der Waals surface area contributed by atoms with Crippen LogP contribution in [0.3, 0.4) is 0 Å². The van der Waals surface area contributed by atoms with Gasteiger partial charge in [-0.1, -0.05) is 12.8 Å². The first-order chi connectivity index (χ1) is 7.70. The van der Waals surface area contributed by atoms with E-state index in [4.69, 9.17) is 4.84 Å². The molecular weight excluding hydrogens is 210 g/mol. The maximum atomic E-state index is 11.1. The number of hydrogen-bond donors (Lipinski definition) is 1. The Morgan fingerprint density at radius 1 is 1.12 bits per heavy atom. The molecule has 0 bridgehead atoms. The standard InChI is InChI=1S/C11H21NO4.H2/c1-3-16-12-10(13)8-6-4-5-7-9-11(14)15-2;/h3-9H2,1-2H3,(H,12,13);1H. The molecule has 0 aliphatic heterocycles. The van der Waals surface area contributed by atoms with Crippen LogP contribution in [-0.4, -0.2) is 25.6 Å². The lowest BCUT2D eigenvalue weighted by Gasteiger charge is -2.03. The van der Waals surface area contributed by atoms with E-state index >= 15 is 0 Å². The van der Waals surface area contributed by atoms with Crippen molar-refractivity contribution in [1.82, 2.24) is 5.48 Å². The fourth-order valence-corrected chi connectivity index (χ4v) is 1.21. The number of methoxy groups -OCH3 is 1. The van der Waals surface area contributed by atoms with Gasteiger partial charge in [-0.3, -0.25) is 14.4 Å². The van der Waals surface area contributed by atoms with Crippen molar-refractivity contribution in [2.45, 2.75) is 45.4 Å². The zero-order chi connectivity index (χ0) is 12.2. The van der Waals surface area contributed by atoms with Gasteiger partial charge in [0.05, 0.1) is 13.7 Å². The fraction of sp³-hybridized carbons (Fsp3) is 0.818. The number of amides is 1. The minimum Gasteiger partial charge on any atom is -0.469 e. The van der Waals surface area contributed by atoms with E-state index in [9.17, 15) is 9.59 Å². The largest absolute Gasteiger partial charge is 0.469 e. The highest BCUT2D eigenvalue weighted by molar-refractivity contribution is 5.74. The molecule has 0 aliphatic rings. The smallest absolute Gasteiger partial charge is 0.305 e. The van der Waals surface area contributed by atoms with Crippen LogP contribution in [-0.2, 0) is 19.2 Å². The summed E-state index contributed by atoms with van der Waals surface area (Å²) in [7, 11) is 1.39. The van der Waals surface area contributed by atoms with Gasteiger partial charge in [0.1, 0.15) is 0 Å². The molecule has 0 spiro atoms. The molecule has 0 unspecified atom stereocenters. The zero-order valence-corrected chi connectivity index (χ0v) is 10.1.